The van der Waals surface area contributed by atoms with Gasteiger partial charge in [0.05, 0.1) is 18.3 Å². The van der Waals surface area contributed by atoms with Crippen LogP contribution >= 0.6 is 0 Å². The van der Waals surface area contributed by atoms with E-state index >= 15 is 0 Å². The quantitative estimate of drug-likeness (QED) is 0.365. The molecule has 1 aliphatic carbocycles. The molecule has 0 aliphatic heterocycles. The molecule has 0 radical (unpaired) electrons. The molecule has 5 nitrogen and oxygen atoms in total. The standard InChI is InChI=1S/C18H30O5/c1-2-13(19)10-11-15-14(16(20)12-17(15)21)8-6-4-3-5-7-9-18(22)23/h4,6,10-11,13-17,19-21H,2-3,5,7-9,12H2,1H3,(H,22,23)/b6-4-,11-10+/t13-,14-,15+,16-,17+/m0/s1. The predicted molar refractivity (Wildman–Crippen MR) is 88.9 cm³/mol. The molecular weight excluding hydrogens is 296 g/mol. The fraction of sp³-hybridized carbons (Fsp3) is 0.722. The van der Waals surface area contributed by atoms with Gasteiger partial charge < -0.3 is 20.4 Å². The molecule has 0 bridgehead atoms. The van der Waals surface area contributed by atoms with Gasteiger partial charge in [-0.25, -0.2) is 0 Å². The Morgan fingerprint density at radius 3 is 2.61 bits per heavy atom. The molecule has 132 valence electrons. The zero-order valence-electron chi connectivity index (χ0n) is 13.8. The van der Waals surface area contributed by atoms with E-state index < -0.39 is 24.3 Å². The van der Waals surface area contributed by atoms with E-state index in [0.717, 1.165) is 12.8 Å². The summed E-state index contributed by atoms with van der Waals surface area (Å²) in [5, 5.41) is 38.3. The third kappa shape index (κ3) is 7.29. The molecule has 0 unspecified atom stereocenters. The van der Waals surface area contributed by atoms with Gasteiger partial charge in [-0.15, -0.1) is 0 Å². The first-order chi connectivity index (χ1) is 11.0. The number of aliphatic hydroxyl groups excluding tert-OH is 3. The Kier molecular flexibility index (Phi) is 9.14. The number of rotatable bonds is 10. The maximum absolute atomic E-state index is 10.4. The predicted octanol–water partition coefficient (Wildman–Crippen LogP) is 2.26. The molecule has 23 heavy (non-hydrogen) atoms. The summed E-state index contributed by atoms with van der Waals surface area (Å²) in [5.41, 5.74) is 0. The van der Waals surface area contributed by atoms with E-state index in [-0.39, 0.29) is 18.3 Å². The summed E-state index contributed by atoms with van der Waals surface area (Å²) in [6, 6.07) is 0. The number of allylic oxidation sites excluding steroid dienone is 2. The van der Waals surface area contributed by atoms with Gasteiger partial charge in [0.15, 0.2) is 0 Å². The van der Waals surface area contributed by atoms with Crippen LogP contribution < -0.4 is 0 Å². The molecule has 0 aromatic rings. The summed E-state index contributed by atoms with van der Waals surface area (Å²) in [4.78, 5) is 10.4. The van der Waals surface area contributed by atoms with Gasteiger partial charge in [0.25, 0.3) is 0 Å². The molecule has 0 heterocycles. The van der Waals surface area contributed by atoms with Crippen molar-refractivity contribution < 1.29 is 25.2 Å². The lowest BCUT2D eigenvalue weighted by atomic mass is 9.89. The van der Waals surface area contributed by atoms with Crippen molar-refractivity contribution >= 4 is 5.97 Å². The van der Waals surface area contributed by atoms with Crippen molar-refractivity contribution in [1.29, 1.82) is 0 Å². The lowest BCUT2D eigenvalue weighted by Gasteiger charge is -2.19. The second-order valence-corrected chi connectivity index (χ2v) is 6.32. The van der Waals surface area contributed by atoms with Crippen molar-refractivity contribution in [3.05, 3.63) is 24.3 Å². The SMILES string of the molecule is CC[C@H](O)/C=C/[C@@H]1[C@H](C/C=C\CCCCC(=O)O)[C@@H](O)C[C@H]1O. The molecule has 1 fully saturated rings. The molecule has 0 amide bonds. The summed E-state index contributed by atoms with van der Waals surface area (Å²) in [5.74, 6) is -0.940. The second-order valence-electron chi connectivity index (χ2n) is 6.32. The lowest BCUT2D eigenvalue weighted by molar-refractivity contribution is -0.137. The molecule has 1 aliphatic rings. The Balaban J connectivity index is 2.42. The molecule has 0 saturated heterocycles. The highest BCUT2D eigenvalue weighted by Gasteiger charge is 2.39. The molecule has 0 aromatic carbocycles. The first-order valence-corrected chi connectivity index (χ1v) is 8.55. The van der Waals surface area contributed by atoms with Crippen molar-refractivity contribution in [2.24, 2.45) is 11.8 Å². The smallest absolute Gasteiger partial charge is 0.303 e. The van der Waals surface area contributed by atoms with Gasteiger partial charge in [0.2, 0.25) is 0 Å². The van der Waals surface area contributed by atoms with Gasteiger partial charge in [-0.1, -0.05) is 31.2 Å². The fourth-order valence-electron chi connectivity index (χ4n) is 3.01. The number of carboxylic acids is 1. The van der Waals surface area contributed by atoms with Crippen molar-refractivity contribution in [2.45, 2.75) is 70.2 Å². The number of unbranched alkanes of at least 4 members (excludes halogenated alkanes) is 2. The Bertz CT molecular complexity index is 404. The molecule has 4 N–H and O–H groups in total. The number of carboxylic acid groups (broad SMARTS) is 1. The van der Waals surface area contributed by atoms with Gasteiger partial charge in [-0.05, 0) is 38.0 Å². The first-order valence-electron chi connectivity index (χ1n) is 8.55. The summed E-state index contributed by atoms with van der Waals surface area (Å²) in [7, 11) is 0. The van der Waals surface area contributed by atoms with Crippen LogP contribution in [0, 0.1) is 11.8 Å². The first kappa shape index (κ1) is 19.9. The molecule has 0 spiro atoms. The van der Waals surface area contributed by atoms with Crippen LogP contribution in [0.25, 0.3) is 0 Å². The van der Waals surface area contributed by atoms with Crippen LogP contribution in [0.4, 0.5) is 0 Å². The third-order valence-corrected chi connectivity index (χ3v) is 4.48. The van der Waals surface area contributed by atoms with E-state index in [4.69, 9.17) is 5.11 Å². The minimum Gasteiger partial charge on any atom is -0.481 e. The Morgan fingerprint density at radius 1 is 1.22 bits per heavy atom. The molecule has 0 aromatic heterocycles. The summed E-state index contributed by atoms with van der Waals surface area (Å²) < 4.78 is 0. The Labute approximate surface area is 138 Å². The Hall–Kier alpha value is -1.17. The van der Waals surface area contributed by atoms with Crippen molar-refractivity contribution in [3.63, 3.8) is 0 Å². The largest absolute Gasteiger partial charge is 0.481 e. The Morgan fingerprint density at radius 2 is 1.96 bits per heavy atom. The summed E-state index contributed by atoms with van der Waals surface area (Å²) in [6.45, 7) is 1.89. The zero-order valence-corrected chi connectivity index (χ0v) is 13.8. The lowest BCUT2D eigenvalue weighted by Crippen LogP contribution is -2.20. The van der Waals surface area contributed by atoms with E-state index in [2.05, 4.69) is 0 Å². The van der Waals surface area contributed by atoms with Gasteiger partial charge in [-0.2, -0.15) is 0 Å². The molecule has 5 atom stereocenters. The average molecular weight is 326 g/mol. The maximum atomic E-state index is 10.4. The average Bonchev–Trinajstić information content (AvgIpc) is 2.77. The normalized spacial score (nSPS) is 29.6. The minimum absolute atomic E-state index is 0.0411. The number of hydrogen-bond acceptors (Lipinski definition) is 4. The van der Waals surface area contributed by atoms with Gasteiger partial charge >= 0.3 is 5.97 Å². The number of aliphatic hydroxyl groups is 3. The van der Waals surface area contributed by atoms with E-state index in [1.54, 1.807) is 6.08 Å². The van der Waals surface area contributed by atoms with Gasteiger partial charge in [0, 0.05) is 18.8 Å². The molecular formula is C18H30O5. The summed E-state index contributed by atoms with van der Waals surface area (Å²) >= 11 is 0. The summed E-state index contributed by atoms with van der Waals surface area (Å²) in [6.07, 6.45) is 10.2. The third-order valence-electron chi connectivity index (χ3n) is 4.48. The maximum Gasteiger partial charge on any atom is 0.303 e. The van der Waals surface area contributed by atoms with Crippen LogP contribution in [0.1, 0.15) is 51.9 Å². The highest BCUT2D eigenvalue weighted by molar-refractivity contribution is 5.66. The van der Waals surface area contributed by atoms with Gasteiger partial charge in [0.1, 0.15) is 0 Å². The molecule has 1 rings (SSSR count). The topological polar surface area (TPSA) is 98.0 Å². The van der Waals surface area contributed by atoms with E-state index in [1.807, 2.05) is 25.2 Å². The van der Waals surface area contributed by atoms with E-state index in [0.29, 0.717) is 25.7 Å². The second kappa shape index (κ2) is 10.6. The van der Waals surface area contributed by atoms with Crippen molar-refractivity contribution in [2.75, 3.05) is 0 Å². The highest BCUT2D eigenvalue weighted by Crippen LogP contribution is 2.36. The monoisotopic (exact) mass is 326 g/mol. The van der Waals surface area contributed by atoms with Crippen molar-refractivity contribution in [1.82, 2.24) is 0 Å². The minimum atomic E-state index is -0.763. The van der Waals surface area contributed by atoms with Crippen LogP contribution in [-0.2, 0) is 4.79 Å². The van der Waals surface area contributed by atoms with Gasteiger partial charge in [-0.3, -0.25) is 4.79 Å². The molecule has 5 heteroatoms. The number of carbonyl (C=O) groups is 1. The van der Waals surface area contributed by atoms with Crippen LogP contribution in [0.3, 0.4) is 0 Å². The number of aliphatic carboxylic acids is 1. The number of hydrogen-bond donors (Lipinski definition) is 4. The van der Waals surface area contributed by atoms with Crippen LogP contribution in [-0.4, -0.2) is 44.7 Å². The van der Waals surface area contributed by atoms with E-state index in [9.17, 15) is 20.1 Å². The highest BCUT2D eigenvalue weighted by atomic mass is 16.4. The van der Waals surface area contributed by atoms with Crippen LogP contribution in [0.5, 0.6) is 0 Å². The van der Waals surface area contributed by atoms with Crippen molar-refractivity contribution in [3.8, 4) is 0 Å². The molecule has 1 saturated carbocycles. The zero-order chi connectivity index (χ0) is 17.2. The van der Waals surface area contributed by atoms with Crippen LogP contribution in [0.15, 0.2) is 24.3 Å². The van der Waals surface area contributed by atoms with Crippen LogP contribution in [0.2, 0.25) is 0 Å². The van der Waals surface area contributed by atoms with E-state index in [1.165, 1.54) is 0 Å². The fourth-order valence-corrected chi connectivity index (χ4v) is 3.01.